The van der Waals surface area contributed by atoms with E-state index in [9.17, 15) is 4.79 Å². The van der Waals surface area contributed by atoms with Crippen LogP contribution in [0.1, 0.15) is 19.9 Å². The number of methoxy groups -OCH3 is 1. The lowest BCUT2D eigenvalue weighted by molar-refractivity contribution is 0.416. The third-order valence-corrected chi connectivity index (χ3v) is 3.33. The standard InChI is InChI=1S/C15H16N4O2/c1-9(2)19-14-13(18-15(19)20)16-8-11(17-14)10-6-4-5-7-12(10)21-3/h4-9H,1-3H3,(H,16,18,20). The summed E-state index contributed by atoms with van der Waals surface area (Å²) in [6.45, 7) is 3.87. The molecule has 0 radical (unpaired) electrons. The molecule has 0 fully saturated rings. The van der Waals surface area contributed by atoms with E-state index < -0.39 is 0 Å². The first-order chi connectivity index (χ1) is 10.1. The van der Waals surface area contributed by atoms with E-state index in [1.807, 2.05) is 38.1 Å². The van der Waals surface area contributed by atoms with Crippen molar-refractivity contribution in [2.45, 2.75) is 19.9 Å². The van der Waals surface area contributed by atoms with E-state index in [4.69, 9.17) is 4.74 Å². The fraction of sp³-hybridized carbons (Fsp3) is 0.267. The SMILES string of the molecule is COc1ccccc1-c1cnc2[nH]c(=O)n(C(C)C)c2n1. The lowest BCUT2D eigenvalue weighted by atomic mass is 10.1. The van der Waals surface area contributed by atoms with Crippen LogP contribution in [0.15, 0.2) is 35.3 Å². The molecular weight excluding hydrogens is 268 g/mol. The minimum absolute atomic E-state index is 0.00784. The molecule has 0 aliphatic heterocycles. The van der Waals surface area contributed by atoms with Gasteiger partial charge in [0.2, 0.25) is 0 Å². The van der Waals surface area contributed by atoms with Crippen molar-refractivity contribution >= 4 is 11.3 Å². The van der Waals surface area contributed by atoms with Gasteiger partial charge in [-0.3, -0.25) is 9.55 Å². The molecule has 2 heterocycles. The van der Waals surface area contributed by atoms with E-state index in [2.05, 4.69) is 15.0 Å². The van der Waals surface area contributed by atoms with Crippen LogP contribution in [-0.4, -0.2) is 26.6 Å². The van der Waals surface area contributed by atoms with Crippen LogP contribution in [0, 0.1) is 0 Å². The summed E-state index contributed by atoms with van der Waals surface area (Å²) in [5, 5.41) is 0. The molecular formula is C15H16N4O2. The number of hydrogen-bond acceptors (Lipinski definition) is 4. The number of imidazole rings is 1. The van der Waals surface area contributed by atoms with E-state index in [1.165, 1.54) is 0 Å². The van der Waals surface area contributed by atoms with Gasteiger partial charge in [-0.1, -0.05) is 12.1 Å². The maximum Gasteiger partial charge on any atom is 0.329 e. The molecule has 0 saturated heterocycles. The highest BCUT2D eigenvalue weighted by molar-refractivity contribution is 5.73. The molecule has 0 atom stereocenters. The summed E-state index contributed by atoms with van der Waals surface area (Å²) in [6, 6.07) is 7.60. The Hall–Kier alpha value is -2.63. The normalized spacial score (nSPS) is 11.2. The topological polar surface area (TPSA) is 72.8 Å². The van der Waals surface area contributed by atoms with Crippen molar-refractivity contribution in [1.29, 1.82) is 0 Å². The summed E-state index contributed by atoms with van der Waals surface area (Å²) >= 11 is 0. The minimum atomic E-state index is -0.197. The molecule has 1 N–H and O–H groups in total. The van der Waals surface area contributed by atoms with Gasteiger partial charge in [-0.25, -0.2) is 14.8 Å². The van der Waals surface area contributed by atoms with Crippen LogP contribution in [-0.2, 0) is 0 Å². The van der Waals surface area contributed by atoms with Crippen molar-refractivity contribution in [3.05, 3.63) is 40.9 Å². The first-order valence-corrected chi connectivity index (χ1v) is 6.72. The number of nitrogens with one attached hydrogen (secondary N) is 1. The highest BCUT2D eigenvalue weighted by atomic mass is 16.5. The number of fused-ring (bicyclic) bond motifs is 1. The molecule has 21 heavy (non-hydrogen) atoms. The Balaban J connectivity index is 2.26. The van der Waals surface area contributed by atoms with E-state index in [-0.39, 0.29) is 11.7 Å². The van der Waals surface area contributed by atoms with Gasteiger partial charge >= 0.3 is 5.69 Å². The maximum absolute atomic E-state index is 12.0. The summed E-state index contributed by atoms with van der Waals surface area (Å²) in [6.07, 6.45) is 1.64. The molecule has 108 valence electrons. The number of aromatic nitrogens is 4. The van der Waals surface area contributed by atoms with Crippen molar-refractivity contribution in [1.82, 2.24) is 19.5 Å². The van der Waals surface area contributed by atoms with Gasteiger partial charge in [0.05, 0.1) is 19.0 Å². The van der Waals surface area contributed by atoms with Gasteiger partial charge in [0.1, 0.15) is 5.75 Å². The minimum Gasteiger partial charge on any atom is -0.496 e. The van der Waals surface area contributed by atoms with E-state index in [0.717, 1.165) is 11.3 Å². The van der Waals surface area contributed by atoms with E-state index in [1.54, 1.807) is 17.9 Å². The zero-order valence-electron chi connectivity index (χ0n) is 12.1. The first kappa shape index (κ1) is 13.4. The van der Waals surface area contributed by atoms with Gasteiger partial charge in [0.25, 0.3) is 0 Å². The van der Waals surface area contributed by atoms with Crippen LogP contribution in [0.25, 0.3) is 22.6 Å². The second-order valence-corrected chi connectivity index (χ2v) is 5.02. The fourth-order valence-corrected chi connectivity index (χ4v) is 2.36. The second-order valence-electron chi connectivity index (χ2n) is 5.02. The molecule has 0 aliphatic rings. The molecule has 2 aromatic heterocycles. The number of para-hydroxylation sites is 1. The Morgan fingerprint density at radius 2 is 2.05 bits per heavy atom. The number of benzene rings is 1. The van der Waals surface area contributed by atoms with Gasteiger partial charge in [-0.2, -0.15) is 0 Å². The Morgan fingerprint density at radius 3 is 2.76 bits per heavy atom. The molecule has 6 nitrogen and oxygen atoms in total. The van der Waals surface area contributed by atoms with Crippen molar-refractivity contribution in [2.75, 3.05) is 7.11 Å². The van der Waals surface area contributed by atoms with Crippen LogP contribution < -0.4 is 10.4 Å². The Kier molecular flexibility index (Phi) is 3.21. The van der Waals surface area contributed by atoms with Crippen LogP contribution in [0.5, 0.6) is 5.75 Å². The number of H-pyrrole nitrogens is 1. The predicted octanol–water partition coefficient (Wildman–Crippen LogP) is 2.38. The average Bonchev–Trinajstić information content (AvgIpc) is 2.82. The van der Waals surface area contributed by atoms with Crippen molar-refractivity contribution < 1.29 is 4.74 Å². The molecule has 0 aliphatic carbocycles. The molecule has 0 spiro atoms. The van der Waals surface area contributed by atoms with Crippen molar-refractivity contribution in [3.8, 4) is 17.0 Å². The largest absolute Gasteiger partial charge is 0.496 e. The van der Waals surface area contributed by atoms with Gasteiger partial charge in [0.15, 0.2) is 11.3 Å². The first-order valence-electron chi connectivity index (χ1n) is 6.72. The van der Waals surface area contributed by atoms with Gasteiger partial charge in [0, 0.05) is 11.6 Å². The summed E-state index contributed by atoms with van der Waals surface area (Å²) < 4.78 is 6.95. The smallest absolute Gasteiger partial charge is 0.329 e. The fourth-order valence-electron chi connectivity index (χ4n) is 2.36. The molecule has 0 amide bonds. The van der Waals surface area contributed by atoms with Gasteiger partial charge in [-0.15, -0.1) is 0 Å². The van der Waals surface area contributed by atoms with Gasteiger partial charge < -0.3 is 4.74 Å². The number of aromatic amines is 1. The molecule has 3 rings (SSSR count). The quantitative estimate of drug-likeness (QED) is 0.801. The zero-order valence-corrected chi connectivity index (χ0v) is 12.1. The number of rotatable bonds is 3. The average molecular weight is 284 g/mol. The zero-order chi connectivity index (χ0) is 15.0. The second kappa shape index (κ2) is 5.05. The van der Waals surface area contributed by atoms with E-state index >= 15 is 0 Å². The Morgan fingerprint density at radius 1 is 1.29 bits per heavy atom. The lowest BCUT2D eigenvalue weighted by Gasteiger charge is -2.09. The third-order valence-electron chi connectivity index (χ3n) is 3.33. The molecule has 0 unspecified atom stereocenters. The Bertz CT molecular complexity index is 848. The van der Waals surface area contributed by atoms with Crippen molar-refractivity contribution in [3.63, 3.8) is 0 Å². The molecule has 6 heteroatoms. The molecule has 1 aromatic carbocycles. The monoisotopic (exact) mass is 284 g/mol. The third kappa shape index (κ3) is 2.18. The Labute approximate surface area is 121 Å². The number of ether oxygens (including phenoxy) is 1. The van der Waals surface area contributed by atoms with Gasteiger partial charge in [-0.05, 0) is 26.0 Å². The molecule has 3 aromatic rings. The molecule has 0 bridgehead atoms. The van der Waals surface area contributed by atoms with Crippen LogP contribution in [0.3, 0.4) is 0 Å². The van der Waals surface area contributed by atoms with Crippen LogP contribution in [0.4, 0.5) is 0 Å². The summed E-state index contributed by atoms with van der Waals surface area (Å²) in [7, 11) is 1.62. The van der Waals surface area contributed by atoms with E-state index in [0.29, 0.717) is 17.0 Å². The number of hydrogen-bond donors (Lipinski definition) is 1. The lowest BCUT2D eigenvalue weighted by Crippen LogP contribution is -2.18. The predicted molar refractivity (Wildman–Crippen MR) is 80.5 cm³/mol. The van der Waals surface area contributed by atoms with Crippen LogP contribution >= 0.6 is 0 Å². The number of nitrogens with zero attached hydrogens (tertiary/aromatic N) is 3. The summed E-state index contributed by atoms with van der Waals surface area (Å²) in [5.74, 6) is 0.722. The van der Waals surface area contributed by atoms with Crippen molar-refractivity contribution in [2.24, 2.45) is 0 Å². The summed E-state index contributed by atoms with van der Waals surface area (Å²) in [5.41, 5.74) is 2.37. The maximum atomic E-state index is 12.0. The summed E-state index contributed by atoms with van der Waals surface area (Å²) in [4.78, 5) is 23.6. The molecule has 0 saturated carbocycles. The highest BCUT2D eigenvalue weighted by Gasteiger charge is 2.14. The van der Waals surface area contributed by atoms with Crippen LogP contribution in [0.2, 0.25) is 0 Å². The highest BCUT2D eigenvalue weighted by Crippen LogP contribution is 2.28.